The lowest BCUT2D eigenvalue weighted by Gasteiger charge is -2.23. The molecule has 0 unspecified atom stereocenters. The van der Waals surface area contributed by atoms with Crippen LogP contribution in [0.25, 0.3) is 0 Å². The Bertz CT molecular complexity index is 555. The molecule has 7 heteroatoms. The van der Waals surface area contributed by atoms with E-state index >= 15 is 0 Å². The van der Waals surface area contributed by atoms with Gasteiger partial charge in [0.2, 0.25) is 10.0 Å². The molecule has 0 amide bonds. The molecule has 1 aromatic carbocycles. The van der Waals surface area contributed by atoms with E-state index in [0.29, 0.717) is 11.3 Å². The molecule has 6 nitrogen and oxygen atoms in total. The van der Waals surface area contributed by atoms with E-state index in [2.05, 4.69) is 4.72 Å². The van der Waals surface area contributed by atoms with Crippen molar-refractivity contribution in [1.82, 2.24) is 4.72 Å². The molecule has 0 heterocycles. The Hall–Kier alpha value is -1.15. The molecule has 0 aliphatic rings. The van der Waals surface area contributed by atoms with Crippen molar-refractivity contribution >= 4 is 10.0 Å². The van der Waals surface area contributed by atoms with Crippen molar-refractivity contribution in [2.75, 3.05) is 20.8 Å². The second-order valence-electron chi connectivity index (χ2n) is 4.97. The van der Waals surface area contributed by atoms with Crippen LogP contribution in [0.4, 0.5) is 0 Å². The van der Waals surface area contributed by atoms with Gasteiger partial charge >= 0.3 is 0 Å². The smallest absolute Gasteiger partial charge is 0.240 e. The third-order valence-corrected chi connectivity index (χ3v) is 4.42. The topological polar surface area (TPSA) is 90.7 Å². The Kier molecular flexibility index (Phi) is 5.52. The van der Waals surface area contributed by atoms with Gasteiger partial charge in [-0.3, -0.25) is 0 Å². The number of hydrogen-bond acceptors (Lipinski definition) is 5. The van der Waals surface area contributed by atoms with Crippen molar-refractivity contribution in [3.05, 3.63) is 23.8 Å². The summed E-state index contributed by atoms with van der Waals surface area (Å²) in [6.45, 7) is 3.98. The molecule has 1 rings (SSSR count). The van der Waals surface area contributed by atoms with Crippen molar-refractivity contribution in [2.45, 2.75) is 30.9 Å². The van der Waals surface area contributed by atoms with Crippen LogP contribution in [0.3, 0.4) is 0 Å². The van der Waals surface area contributed by atoms with E-state index in [0.717, 1.165) is 0 Å². The zero-order valence-electron chi connectivity index (χ0n) is 12.3. The summed E-state index contributed by atoms with van der Waals surface area (Å²) in [6, 6.07) is 4.60. The highest BCUT2D eigenvalue weighted by Gasteiger charge is 2.22. The highest BCUT2D eigenvalue weighted by atomic mass is 32.2. The van der Waals surface area contributed by atoms with Gasteiger partial charge in [-0.1, -0.05) is 0 Å². The summed E-state index contributed by atoms with van der Waals surface area (Å²) in [7, 11) is -0.550. The quantitative estimate of drug-likeness (QED) is 0.779. The Morgan fingerprint density at radius 1 is 1.30 bits per heavy atom. The lowest BCUT2D eigenvalue weighted by Crippen LogP contribution is -2.39. The van der Waals surface area contributed by atoms with E-state index < -0.39 is 15.6 Å². The normalized spacial score (nSPS) is 12.4. The molecular formula is C13H22N2O4S. The number of methoxy groups -OCH3 is 2. The van der Waals surface area contributed by atoms with Gasteiger partial charge in [0.25, 0.3) is 0 Å². The summed E-state index contributed by atoms with van der Waals surface area (Å²) >= 11 is 0. The Morgan fingerprint density at radius 2 is 1.95 bits per heavy atom. The van der Waals surface area contributed by atoms with Crippen LogP contribution >= 0.6 is 0 Å². The predicted molar refractivity (Wildman–Crippen MR) is 77.2 cm³/mol. The molecule has 0 aliphatic carbocycles. The number of rotatable bonds is 7. The highest BCUT2D eigenvalue weighted by molar-refractivity contribution is 7.89. The first kappa shape index (κ1) is 16.9. The maximum Gasteiger partial charge on any atom is 0.240 e. The van der Waals surface area contributed by atoms with Gasteiger partial charge in [0.05, 0.1) is 17.6 Å². The van der Waals surface area contributed by atoms with Crippen LogP contribution in [0, 0.1) is 0 Å². The van der Waals surface area contributed by atoms with Crippen LogP contribution < -0.4 is 15.2 Å². The molecule has 0 radical (unpaired) electrons. The van der Waals surface area contributed by atoms with E-state index in [1.165, 1.54) is 26.4 Å². The second-order valence-corrected chi connectivity index (χ2v) is 6.73. The maximum absolute atomic E-state index is 12.2. The molecule has 1 aromatic rings. The minimum absolute atomic E-state index is 0.158. The number of nitrogens with two attached hydrogens (primary N) is 1. The lowest BCUT2D eigenvalue weighted by molar-refractivity contribution is 0.0276. The molecule has 3 N–H and O–H groups in total. The van der Waals surface area contributed by atoms with Crippen LogP contribution in [-0.4, -0.2) is 34.8 Å². The predicted octanol–water partition coefficient (Wildman–Crippen LogP) is 0.857. The Morgan fingerprint density at radius 3 is 2.45 bits per heavy atom. The number of nitrogens with one attached hydrogen (secondary N) is 1. The Balaban J connectivity index is 2.98. The summed E-state index contributed by atoms with van der Waals surface area (Å²) in [5, 5.41) is 0. The van der Waals surface area contributed by atoms with E-state index in [1.54, 1.807) is 19.9 Å². The van der Waals surface area contributed by atoms with Crippen molar-refractivity contribution in [3.8, 4) is 5.75 Å². The van der Waals surface area contributed by atoms with Crippen LogP contribution in [-0.2, 0) is 21.3 Å². The third kappa shape index (κ3) is 4.17. The summed E-state index contributed by atoms with van der Waals surface area (Å²) in [6.07, 6.45) is 0. The molecule has 0 atom stereocenters. The van der Waals surface area contributed by atoms with E-state index in [9.17, 15) is 8.42 Å². The molecule has 0 saturated carbocycles. The van der Waals surface area contributed by atoms with Crippen molar-refractivity contribution in [1.29, 1.82) is 0 Å². The first-order valence-corrected chi connectivity index (χ1v) is 7.66. The van der Waals surface area contributed by atoms with E-state index in [4.69, 9.17) is 15.2 Å². The molecular weight excluding hydrogens is 280 g/mol. The van der Waals surface area contributed by atoms with Gasteiger partial charge in [0.1, 0.15) is 5.75 Å². The third-order valence-electron chi connectivity index (χ3n) is 3.02. The van der Waals surface area contributed by atoms with Crippen LogP contribution in [0.2, 0.25) is 0 Å². The van der Waals surface area contributed by atoms with Crippen molar-refractivity contribution in [2.24, 2.45) is 5.73 Å². The average Bonchev–Trinajstić information content (AvgIpc) is 2.44. The molecule has 0 spiro atoms. The van der Waals surface area contributed by atoms with E-state index in [-0.39, 0.29) is 18.0 Å². The fraction of sp³-hybridized carbons (Fsp3) is 0.538. The molecule has 0 saturated heterocycles. The summed E-state index contributed by atoms with van der Waals surface area (Å²) in [4.78, 5) is 0.158. The number of benzene rings is 1. The SMILES string of the molecule is COc1ccc(S(=O)(=O)NCC(C)(C)OC)cc1CN. The van der Waals surface area contributed by atoms with Crippen LogP contribution in [0.1, 0.15) is 19.4 Å². The standard InChI is InChI=1S/C13H22N2O4S/c1-13(2,19-4)9-15-20(16,17)11-5-6-12(18-3)10(7-11)8-14/h5-7,15H,8-9,14H2,1-4H3. The Labute approximate surface area is 120 Å². The first-order valence-electron chi connectivity index (χ1n) is 6.17. The first-order chi connectivity index (χ1) is 9.25. The van der Waals surface area contributed by atoms with Gasteiger partial charge in [-0.2, -0.15) is 0 Å². The van der Waals surface area contributed by atoms with Gasteiger partial charge in [-0.05, 0) is 32.0 Å². The summed E-state index contributed by atoms with van der Waals surface area (Å²) < 4.78 is 37.3. The van der Waals surface area contributed by atoms with Gasteiger partial charge in [0, 0.05) is 25.8 Å². The van der Waals surface area contributed by atoms with Crippen LogP contribution in [0.15, 0.2) is 23.1 Å². The van der Waals surface area contributed by atoms with Crippen LogP contribution in [0.5, 0.6) is 5.75 Å². The monoisotopic (exact) mass is 302 g/mol. The fourth-order valence-electron chi connectivity index (χ4n) is 1.51. The molecule has 0 fully saturated rings. The zero-order valence-corrected chi connectivity index (χ0v) is 13.1. The van der Waals surface area contributed by atoms with Gasteiger partial charge in [-0.25, -0.2) is 13.1 Å². The zero-order chi connectivity index (χ0) is 15.4. The number of ether oxygens (including phenoxy) is 2. The maximum atomic E-state index is 12.2. The average molecular weight is 302 g/mol. The fourth-order valence-corrected chi connectivity index (χ4v) is 2.75. The van der Waals surface area contributed by atoms with Gasteiger partial charge in [0.15, 0.2) is 0 Å². The van der Waals surface area contributed by atoms with Gasteiger partial charge < -0.3 is 15.2 Å². The largest absolute Gasteiger partial charge is 0.496 e. The molecule has 20 heavy (non-hydrogen) atoms. The van der Waals surface area contributed by atoms with Crippen molar-refractivity contribution in [3.63, 3.8) is 0 Å². The minimum atomic E-state index is -3.60. The van der Waals surface area contributed by atoms with E-state index in [1.807, 2.05) is 0 Å². The molecule has 0 aliphatic heterocycles. The summed E-state index contributed by atoms with van der Waals surface area (Å²) in [5.41, 5.74) is 5.65. The molecule has 114 valence electrons. The summed E-state index contributed by atoms with van der Waals surface area (Å²) in [5.74, 6) is 0.573. The second kappa shape index (κ2) is 6.53. The molecule has 0 bridgehead atoms. The van der Waals surface area contributed by atoms with Gasteiger partial charge in [-0.15, -0.1) is 0 Å². The lowest BCUT2D eigenvalue weighted by atomic mass is 10.1. The number of sulfonamides is 1. The number of hydrogen-bond donors (Lipinski definition) is 2. The molecule has 0 aromatic heterocycles. The highest BCUT2D eigenvalue weighted by Crippen LogP contribution is 2.22. The van der Waals surface area contributed by atoms with Crippen molar-refractivity contribution < 1.29 is 17.9 Å². The minimum Gasteiger partial charge on any atom is -0.496 e.